The molecule has 16 nitrogen and oxygen atoms in total. The van der Waals surface area contributed by atoms with Crippen molar-refractivity contribution in [1.82, 2.24) is 35.2 Å². The van der Waals surface area contributed by atoms with Gasteiger partial charge in [0.2, 0.25) is 23.6 Å². The Kier molecular flexibility index (Phi) is 11.4. The number of pyridine rings is 1. The lowest BCUT2D eigenvalue weighted by Crippen LogP contribution is -2.55. The van der Waals surface area contributed by atoms with E-state index < -0.39 is 23.7 Å². The number of rotatable bonds is 6. The van der Waals surface area contributed by atoms with Gasteiger partial charge in [0.25, 0.3) is 11.8 Å². The highest BCUT2D eigenvalue weighted by Gasteiger charge is 2.50. The summed E-state index contributed by atoms with van der Waals surface area (Å²) in [5.41, 5.74) is 6.83. The predicted molar refractivity (Wildman–Crippen MR) is 242 cm³/mol. The van der Waals surface area contributed by atoms with Crippen LogP contribution in [0, 0.1) is 12.8 Å². The van der Waals surface area contributed by atoms with Gasteiger partial charge in [-0.25, -0.2) is 4.68 Å². The van der Waals surface area contributed by atoms with Crippen LogP contribution in [-0.2, 0) is 33.3 Å². The zero-order chi connectivity index (χ0) is 45.0. The molecule has 5 aliphatic rings. The van der Waals surface area contributed by atoms with Crippen LogP contribution < -0.4 is 30.5 Å². The zero-order valence-corrected chi connectivity index (χ0v) is 37.6. The number of amides is 5. The second-order valence-corrected chi connectivity index (χ2v) is 18.7. The molecule has 2 bridgehead atoms. The first kappa shape index (κ1) is 43.0. The van der Waals surface area contributed by atoms with Gasteiger partial charge >= 0.3 is 0 Å². The molecule has 2 aromatic carbocycles. The van der Waals surface area contributed by atoms with Gasteiger partial charge in [-0.1, -0.05) is 19.1 Å². The van der Waals surface area contributed by atoms with Gasteiger partial charge in [-0.15, -0.1) is 0 Å². The van der Waals surface area contributed by atoms with Crippen LogP contribution >= 0.6 is 0 Å². The number of aryl methyl sites for hydroxylation is 2. The number of carbonyl (C=O) groups excluding carboxylic acids is 5. The number of hydrogen-bond acceptors (Lipinski definition) is 11. The number of ether oxygens (including phenoxy) is 1. The summed E-state index contributed by atoms with van der Waals surface area (Å²) in [5.74, 6) is -0.280. The molecule has 2 fully saturated rings. The van der Waals surface area contributed by atoms with Crippen LogP contribution in [0.1, 0.15) is 96.8 Å². The summed E-state index contributed by atoms with van der Waals surface area (Å²) in [5, 5.41) is 13.6. The van der Waals surface area contributed by atoms with Crippen molar-refractivity contribution in [1.29, 1.82) is 0 Å². The zero-order valence-electron chi connectivity index (χ0n) is 37.6. The number of fused-ring (bicyclic) bond motifs is 8. The van der Waals surface area contributed by atoms with Gasteiger partial charge in [0, 0.05) is 75.2 Å². The van der Waals surface area contributed by atoms with Gasteiger partial charge < -0.3 is 30.1 Å². The minimum absolute atomic E-state index is 0.0431. The van der Waals surface area contributed by atoms with Gasteiger partial charge in [0.15, 0.2) is 6.29 Å². The van der Waals surface area contributed by atoms with E-state index >= 15 is 0 Å². The molecule has 3 atom stereocenters. The van der Waals surface area contributed by atoms with Crippen molar-refractivity contribution in [2.24, 2.45) is 13.0 Å². The van der Waals surface area contributed by atoms with Crippen LogP contribution in [0.2, 0.25) is 0 Å². The van der Waals surface area contributed by atoms with Crippen LogP contribution in [-0.4, -0.2) is 112 Å². The highest BCUT2D eigenvalue weighted by molar-refractivity contribution is 6.14. The highest BCUT2D eigenvalue weighted by atomic mass is 16.5. The lowest BCUT2D eigenvalue weighted by atomic mass is 9.82. The molecule has 9 rings (SSSR count). The van der Waals surface area contributed by atoms with Crippen LogP contribution in [0.25, 0.3) is 11.3 Å². The smallest absolute Gasteiger partial charge is 0.254 e. The van der Waals surface area contributed by atoms with Crippen LogP contribution in [0.4, 0.5) is 17.1 Å². The molecular weight excluding hydrogens is 813 g/mol. The molecule has 5 aliphatic heterocycles. The van der Waals surface area contributed by atoms with Gasteiger partial charge in [0.05, 0.1) is 40.9 Å². The Morgan fingerprint density at radius 3 is 2.56 bits per heavy atom. The number of hydrogen-bond donors (Lipinski definition) is 3. The van der Waals surface area contributed by atoms with Crippen molar-refractivity contribution >= 4 is 46.6 Å². The number of likely N-dealkylation sites (tertiary alicyclic amines) is 1. The number of benzene rings is 2. The van der Waals surface area contributed by atoms with Crippen LogP contribution in [0.15, 0.2) is 54.7 Å². The van der Waals surface area contributed by atoms with E-state index in [2.05, 4.69) is 43.8 Å². The van der Waals surface area contributed by atoms with Crippen molar-refractivity contribution in [3.63, 3.8) is 0 Å². The maximum absolute atomic E-state index is 14.2. The molecule has 3 N–H and O–H groups in total. The Morgan fingerprint density at radius 1 is 0.984 bits per heavy atom. The van der Waals surface area contributed by atoms with Gasteiger partial charge in [-0.05, 0) is 113 Å². The molecule has 0 saturated carbocycles. The van der Waals surface area contributed by atoms with E-state index in [4.69, 9.17) is 9.72 Å². The Labute approximate surface area is 373 Å². The second kappa shape index (κ2) is 17.0. The van der Waals surface area contributed by atoms with Crippen molar-refractivity contribution in [3.05, 3.63) is 82.7 Å². The summed E-state index contributed by atoms with van der Waals surface area (Å²) in [6, 6.07) is 14.6. The monoisotopic (exact) mass is 870 g/mol. The van der Waals surface area contributed by atoms with Gasteiger partial charge in [0.1, 0.15) is 6.04 Å². The Balaban J connectivity index is 0.856. The molecule has 5 amide bonds. The summed E-state index contributed by atoms with van der Waals surface area (Å²) in [6.45, 7) is 11.5. The predicted octanol–water partition coefficient (Wildman–Crippen LogP) is 4.75. The van der Waals surface area contributed by atoms with Gasteiger partial charge in [-0.3, -0.25) is 39.2 Å². The number of imide groups is 1. The normalized spacial score (nSPS) is 22.5. The molecule has 7 heterocycles. The molecule has 0 aliphatic carbocycles. The van der Waals surface area contributed by atoms with E-state index in [0.29, 0.717) is 48.0 Å². The van der Waals surface area contributed by atoms with E-state index in [9.17, 15) is 24.0 Å². The van der Waals surface area contributed by atoms with Crippen molar-refractivity contribution in [2.45, 2.75) is 96.4 Å². The largest absolute Gasteiger partial charge is 0.477 e. The van der Waals surface area contributed by atoms with E-state index in [1.165, 1.54) is 0 Å². The topological polar surface area (TPSA) is 174 Å². The minimum Gasteiger partial charge on any atom is -0.477 e. The van der Waals surface area contributed by atoms with E-state index in [0.717, 1.165) is 85.5 Å². The lowest BCUT2D eigenvalue weighted by molar-refractivity contribution is -0.136. The van der Waals surface area contributed by atoms with E-state index in [-0.39, 0.29) is 42.0 Å². The average molecular weight is 871 g/mol. The summed E-state index contributed by atoms with van der Waals surface area (Å²) >= 11 is 0. The summed E-state index contributed by atoms with van der Waals surface area (Å²) < 4.78 is 7.95. The first-order valence-electron chi connectivity index (χ1n) is 22.6. The maximum atomic E-state index is 14.2. The van der Waals surface area contributed by atoms with Crippen molar-refractivity contribution < 1.29 is 28.7 Å². The number of aromatic nitrogens is 3. The molecule has 2 saturated heterocycles. The third-order valence-electron chi connectivity index (χ3n) is 13.8. The summed E-state index contributed by atoms with van der Waals surface area (Å²) in [7, 11) is 3.73. The minimum atomic E-state index is -0.807. The molecule has 16 heteroatoms. The molecule has 64 heavy (non-hydrogen) atoms. The molecule has 0 spiro atoms. The average Bonchev–Trinajstić information content (AvgIpc) is 3.88. The standard InChI is InChI=1S/C48H58N10O6/c1-28-9-8-22-64-45-34(26-49-55(45)6)36-24-32(23-29(2)50-36)42(60)53-47-51-35-13-12-31(25-39(35)57(47)27-28)44(62)54(5)33-17-20-56(21-18-33)19-16-30-10-7-11-37-41(30)48(3,4)46(63)58(37)38-14-15-40(59)52-43(38)61/h7,10-13,23-26,28,33,38,47,51H,8-9,14-22,27H2,1-6H3,(H,53,60)(H,52,59,61)/t28-,38?,47?/m1/s1. The van der Waals surface area contributed by atoms with E-state index in [1.807, 2.05) is 70.1 Å². The van der Waals surface area contributed by atoms with Crippen molar-refractivity contribution in [3.8, 4) is 17.1 Å². The van der Waals surface area contributed by atoms with Crippen LogP contribution in [0.5, 0.6) is 5.88 Å². The number of nitrogens with one attached hydrogen (secondary N) is 3. The summed E-state index contributed by atoms with van der Waals surface area (Å²) in [6.07, 6.45) is 5.82. The Hall–Kier alpha value is -6.29. The van der Waals surface area contributed by atoms with Crippen molar-refractivity contribution in [2.75, 3.05) is 55.0 Å². The first-order chi connectivity index (χ1) is 30.7. The molecule has 4 aromatic rings. The molecule has 2 aromatic heterocycles. The fourth-order valence-corrected chi connectivity index (χ4v) is 10.3. The molecule has 0 radical (unpaired) electrons. The molecular formula is C48H58N10O6. The fraction of sp³-hybridized carbons (Fsp3) is 0.479. The molecule has 2 unspecified atom stereocenters. The summed E-state index contributed by atoms with van der Waals surface area (Å²) in [4.78, 5) is 79.5. The quantitative estimate of drug-likeness (QED) is 0.228. The Bertz CT molecular complexity index is 2530. The van der Waals surface area contributed by atoms with Gasteiger partial charge in [-0.2, -0.15) is 5.10 Å². The Morgan fingerprint density at radius 2 is 1.78 bits per heavy atom. The van der Waals surface area contributed by atoms with E-state index in [1.54, 1.807) is 27.9 Å². The first-order valence-corrected chi connectivity index (χ1v) is 22.6. The number of anilines is 3. The highest BCUT2D eigenvalue weighted by Crippen LogP contribution is 2.46. The fourth-order valence-electron chi connectivity index (χ4n) is 10.3. The third kappa shape index (κ3) is 7.96. The second-order valence-electron chi connectivity index (χ2n) is 18.7. The van der Waals surface area contributed by atoms with Crippen LogP contribution in [0.3, 0.4) is 0 Å². The SMILES string of the molecule is Cc1cc2cc(n1)-c1cnn(C)c1OCCC[C@@H](C)CN1c3cc(C(=O)N(C)C4CCN(CCc5cccc6c5C(C)(C)C(=O)N6C5CCC(=O)NC5=O)CC4)ccc3NC1NC2=O. The lowest BCUT2D eigenvalue weighted by Gasteiger charge is -2.37. The third-order valence-corrected chi connectivity index (χ3v) is 13.8. The maximum Gasteiger partial charge on any atom is 0.254 e. The number of piperidine rings is 2. The number of nitrogens with zero attached hydrogens (tertiary/aromatic N) is 7. The number of carbonyl (C=O) groups is 5. The molecule has 336 valence electrons.